The van der Waals surface area contributed by atoms with Gasteiger partial charge in [-0.3, -0.25) is 14.4 Å². The van der Waals surface area contributed by atoms with Crippen molar-refractivity contribution in [2.75, 3.05) is 19.7 Å². The first-order valence-corrected chi connectivity index (χ1v) is 8.30. The summed E-state index contributed by atoms with van der Waals surface area (Å²) in [6, 6.07) is 3.68. The van der Waals surface area contributed by atoms with Gasteiger partial charge in [-0.05, 0) is 12.1 Å². The van der Waals surface area contributed by atoms with Gasteiger partial charge in [0.05, 0.1) is 37.6 Å². The molecule has 3 atom stereocenters. The monoisotopic (exact) mass is 330 g/mol. The highest BCUT2D eigenvalue weighted by molar-refractivity contribution is 5.79. The highest BCUT2D eigenvalue weighted by atomic mass is 16.5. The Balaban J connectivity index is 1.33. The van der Waals surface area contributed by atoms with E-state index in [1.165, 1.54) is 5.56 Å². The van der Waals surface area contributed by atoms with Crippen LogP contribution in [0.4, 0.5) is 0 Å². The van der Waals surface area contributed by atoms with Crippen molar-refractivity contribution in [3.8, 4) is 0 Å². The van der Waals surface area contributed by atoms with Crippen LogP contribution < -0.4 is 5.32 Å². The fourth-order valence-corrected chi connectivity index (χ4v) is 3.72. The van der Waals surface area contributed by atoms with Gasteiger partial charge < -0.3 is 14.5 Å². The van der Waals surface area contributed by atoms with Crippen LogP contribution in [-0.2, 0) is 29.7 Å². The average molecular weight is 330 g/mol. The number of likely N-dealkylation sites (tertiary alicyclic amines) is 1. The van der Waals surface area contributed by atoms with Gasteiger partial charge in [-0.25, -0.2) is 0 Å². The topological polar surface area (TPSA) is 72.5 Å². The normalized spacial score (nSPS) is 26.6. The number of hydrogen-bond acceptors (Lipinski definition) is 5. The third-order valence-electron chi connectivity index (χ3n) is 4.91. The van der Waals surface area contributed by atoms with Gasteiger partial charge in [-0.1, -0.05) is 0 Å². The highest BCUT2D eigenvalue weighted by Gasteiger charge is 2.46. The first kappa shape index (κ1) is 15.4. The Hall–Kier alpha value is -2.12. The maximum absolute atomic E-state index is 12.5. The number of nitrogens with one attached hydrogen (secondary N) is 1. The Morgan fingerprint density at radius 3 is 3.12 bits per heavy atom. The summed E-state index contributed by atoms with van der Waals surface area (Å²) < 4.78 is 12.9. The Morgan fingerprint density at radius 1 is 1.46 bits per heavy atom. The van der Waals surface area contributed by atoms with Crippen LogP contribution in [0.5, 0.6) is 0 Å². The fourth-order valence-electron chi connectivity index (χ4n) is 3.72. The molecule has 2 aromatic rings. The molecule has 0 spiro atoms. The summed E-state index contributed by atoms with van der Waals surface area (Å²) in [6.07, 6.45) is 5.69. The molecule has 4 rings (SSSR count). The van der Waals surface area contributed by atoms with E-state index in [-0.39, 0.29) is 23.8 Å². The molecule has 0 saturated carbocycles. The Bertz CT molecular complexity index is 697. The number of nitrogens with zero attached hydrogens (tertiary/aromatic N) is 3. The van der Waals surface area contributed by atoms with Gasteiger partial charge in [0.25, 0.3) is 0 Å². The van der Waals surface area contributed by atoms with Crippen LogP contribution in [-0.4, -0.2) is 46.4 Å². The molecular weight excluding hydrogens is 308 g/mol. The summed E-state index contributed by atoms with van der Waals surface area (Å²) in [5.41, 5.74) is 1.19. The first-order chi connectivity index (χ1) is 11.7. The number of fused-ring (bicyclic) bond motifs is 1. The summed E-state index contributed by atoms with van der Waals surface area (Å²) >= 11 is 0. The van der Waals surface area contributed by atoms with E-state index in [1.807, 2.05) is 36.3 Å². The van der Waals surface area contributed by atoms with E-state index in [1.54, 1.807) is 6.26 Å². The van der Waals surface area contributed by atoms with Gasteiger partial charge in [0.15, 0.2) is 0 Å². The molecule has 4 heterocycles. The maximum atomic E-state index is 12.5. The lowest BCUT2D eigenvalue weighted by atomic mass is 9.92. The van der Waals surface area contributed by atoms with Crippen molar-refractivity contribution in [2.45, 2.75) is 19.2 Å². The molecule has 0 bridgehead atoms. The minimum Gasteiger partial charge on any atom is -0.467 e. The Labute approximate surface area is 140 Å². The Kier molecular flexibility index (Phi) is 4.12. The maximum Gasteiger partial charge on any atom is 0.226 e. The molecular formula is C17H22N4O3. The molecule has 0 aromatic carbocycles. The molecule has 2 aromatic heterocycles. The lowest BCUT2D eigenvalue weighted by Crippen LogP contribution is -2.36. The fraction of sp³-hybridized carbons (Fsp3) is 0.529. The van der Waals surface area contributed by atoms with Gasteiger partial charge in [0.2, 0.25) is 5.91 Å². The second-order valence-electron chi connectivity index (χ2n) is 6.66. The van der Waals surface area contributed by atoms with E-state index in [4.69, 9.17) is 9.15 Å². The summed E-state index contributed by atoms with van der Waals surface area (Å²) in [5, 5.41) is 7.17. The van der Waals surface area contributed by atoms with Crippen molar-refractivity contribution in [1.82, 2.24) is 20.0 Å². The molecule has 128 valence electrons. The molecule has 0 aliphatic carbocycles. The van der Waals surface area contributed by atoms with Crippen LogP contribution in [0.25, 0.3) is 0 Å². The zero-order valence-corrected chi connectivity index (χ0v) is 13.7. The van der Waals surface area contributed by atoms with E-state index in [2.05, 4.69) is 15.3 Å². The number of aryl methyl sites for hydroxylation is 1. The van der Waals surface area contributed by atoms with Crippen molar-refractivity contribution in [3.05, 3.63) is 42.1 Å². The minimum absolute atomic E-state index is 0.0575. The molecule has 7 nitrogen and oxygen atoms in total. The van der Waals surface area contributed by atoms with E-state index >= 15 is 0 Å². The van der Waals surface area contributed by atoms with Crippen molar-refractivity contribution in [1.29, 1.82) is 0 Å². The number of carbonyl (C=O) groups is 1. The van der Waals surface area contributed by atoms with E-state index < -0.39 is 0 Å². The quantitative estimate of drug-likeness (QED) is 0.877. The number of rotatable bonds is 5. The number of furan rings is 1. The largest absolute Gasteiger partial charge is 0.467 e. The number of hydrogen-bond donors (Lipinski definition) is 1. The van der Waals surface area contributed by atoms with Crippen LogP contribution in [0.2, 0.25) is 0 Å². The Morgan fingerprint density at radius 2 is 2.38 bits per heavy atom. The molecule has 2 aliphatic rings. The van der Waals surface area contributed by atoms with Gasteiger partial charge in [-0.2, -0.15) is 5.10 Å². The molecule has 24 heavy (non-hydrogen) atoms. The molecule has 2 aliphatic heterocycles. The van der Waals surface area contributed by atoms with E-state index in [0.29, 0.717) is 13.2 Å². The predicted octanol–water partition coefficient (Wildman–Crippen LogP) is 0.776. The standard InChI is InChI=1S/C17H22N4O3/c1-20-7-12(5-19-20)8-21-9-14-15(11-24-16(14)10-21)17(22)18-6-13-3-2-4-23-13/h2-5,7,14-16H,6,8-11H2,1H3,(H,18,22)/t14-,15+,16-/m1/s1. The third-order valence-corrected chi connectivity index (χ3v) is 4.91. The summed E-state index contributed by atoms with van der Waals surface area (Å²) in [7, 11) is 1.92. The van der Waals surface area contributed by atoms with Gasteiger partial charge in [0.1, 0.15) is 5.76 Å². The van der Waals surface area contributed by atoms with E-state index in [9.17, 15) is 4.79 Å². The van der Waals surface area contributed by atoms with Gasteiger partial charge >= 0.3 is 0 Å². The summed E-state index contributed by atoms with van der Waals surface area (Å²) in [6.45, 7) is 3.56. The molecule has 1 N–H and O–H groups in total. The second-order valence-corrected chi connectivity index (χ2v) is 6.66. The first-order valence-electron chi connectivity index (χ1n) is 8.30. The lowest BCUT2D eigenvalue weighted by Gasteiger charge is -2.18. The molecule has 0 unspecified atom stereocenters. The van der Waals surface area contributed by atoms with Crippen LogP contribution in [0.15, 0.2) is 35.2 Å². The van der Waals surface area contributed by atoms with Gasteiger partial charge in [-0.15, -0.1) is 0 Å². The summed E-state index contributed by atoms with van der Waals surface area (Å²) in [5.74, 6) is 1.01. The molecule has 2 saturated heterocycles. The number of ether oxygens (including phenoxy) is 1. The van der Waals surface area contributed by atoms with E-state index in [0.717, 1.165) is 25.4 Å². The zero-order chi connectivity index (χ0) is 16.5. The molecule has 1 amide bonds. The molecule has 7 heteroatoms. The SMILES string of the molecule is Cn1cc(CN2C[C@@H]3[C@@H](C(=O)NCc4ccco4)CO[C@@H]3C2)cn1. The van der Waals surface area contributed by atoms with Crippen molar-refractivity contribution in [2.24, 2.45) is 18.9 Å². The van der Waals surface area contributed by atoms with Crippen molar-refractivity contribution in [3.63, 3.8) is 0 Å². The van der Waals surface area contributed by atoms with Crippen LogP contribution >= 0.6 is 0 Å². The number of carbonyl (C=O) groups excluding carboxylic acids is 1. The van der Waals surface area contributed by atoms with Crippen LogP contribution in [0, 0.1) is 11.8 Å². The van der Waals surface area contributed by atoms with Crippen LogP contribution in [0.1, 0.15) is 11.3 Å². The number of amides is 1. The van der Waals surface area contributed by atoms with Crippen molar-refractivity contribution >= 4 is 5.91 Å². The smallest absolute Gasteiger partial charge is 0.226 e. The molecule has 0 radical (unpaired) electrons. The average Bonchev–Trinajstić information content (AvgIpc) is 3.30. The zero-order valence-electron chi connectivity index (χ0n) is 13.7. The van der Waals surface area contributed by atoms with Gasteiger partial charge in [0, 0.05) is 44.4 Å². The minimum atomic E-state index is -0.0798. The molecule has 2 fully saturated rings. The number of aromatic nitrogens is 2. The second kappa shape index (κ2) is 6.41. The lowest BCUT2D eigenvalue weighted by molar-refractivity contribution is -0.126. The third kappa shape index (κ3) is 3.09. The summed E-state index contributed by atoms with van der Waals surface area (Å²) in [4.78, 5) is 14.8. The van der Waals surface area contributed by atoms with Crippen molar-refractivity contribution < 1.29 is 13.9 Å². The predicted molar refractivity (Wildman–Crippen MR) is 85.8 cm³/mol. The highest BCUT2D eigenvalue weighted by Crippen LogP contribution is 2.34. The van der Waals surface area contributed by atoms with Crippen LogP contribution in [0.3, 0.4) is 0 Å².